The van der Waals surface area contributed by atoms with Gasteiger partial charge in [0.15, 0.2) is 5.82 Å². The van der Waals surface area contributed by atoms with E-state index in [9.17, 15) is 23.3 Å². The first-order chi connectivity index (χ1) is 22.0. The third-order valence-electron chi connectivity index (χ3n) is 9.28. The van der Waals surface area contributed by atoms with Crippen molar-refractivity contribution in [1.29, 1.82) is 5.26 Å². The molecule has 3 aliphatic heterocycles. The third-order valence-corrected chi connectivity index (χ3v) is 11.2. The molecule has 3 amide bonds. The molecule has 0 bridgehead atoms. The number of sulfonamides is 1. The number of aromatic nitrogens is 2. The van der Waals surface area contributed by atoms with Crippen LogP contribution in [0.3, 0.4) is 0 Å². The molecule has 0 aliphatic carbocycles. The first-order valence-electron chi connectivity index (χ1n) is 15.8. The van der Waals surface area contributed by atoms with Gasteiger partial charge in [0.05, 0.1) is 16.0 Å². The van der Waals surface area contributed by atoms with Crippen LogP contribution in [0.25, 0.3) is 10.9 Å². The van der Waals surface area contributed by atoms with E-state index in [-0.39, 0.29) is 47.5 Å². The number of aryl methyl sites for hydroxylation is 1. The van der Waals surface area contributed by atoms with Gasteiger partial charge in [-0.3, -0.25) is 24.6 Å². The Kier molecular flexibility index (Phi) is 10.4. The second-order valence-corrected chi connectivity index (χ2v) is 14.4. The number of ether oxygens (including phenoxy) is 1. The Morgan fingerprint density at radius 3 is 2.47 bits per heavy atom. The lowest BCUT2D eigenvalue weighted by atomic mass is 9.89. The maximum Gasteiger partial charge on any atom is 0.329 e. The van der Waals surface area contributed by atoms with Crippen LogP contribution in [-0.4, -0.2) is 90.8 Å². The van der Waals surface area contributed by atoms with Gasteiger partial charge in [0.1, 0.15) is 17.9 Å². The molecule has 3 N–H and O–H groups in total. The zero-order valence-electron chi connectivity index (χ0n) is 26.6. The number of hydrogen-bond acceptors (Lipinski definition) is 9. The van der Waals surface area contributed by atoms with Crippen molar-refractivity contribution in [2.24, 2.45) is 12.8 Å². The summed E-state index contributed by atoms with van der Waals surface area (Å²) in [5.41, 5.74) is 8.41. The predicted octanol–water partition coefficient (Wildman–Crippen LogP) is 3.07. The van der Waals surface area contributed by atoms with Crippen molar-refractivity contribution in [1.82, 2.24) is 24.3 Å². The number of anilines is 1. The largest absolute Gasteiger partial charge is 0.488 e. The van der Waals surface area contributed by atoms with Crippen molar-refractivity contribution in [3.8, 4) is 11.8 Å². The summed E-state index contributed by atoms with van der Waals surface area (Å²) >= 11 is 0. The van der Waals surface area contributed by atoms with Gasteiger partial charge in [-0.2, -0.15) is 14.7 Å². The number of fused-ring (bicyclic) bond motifs is 1. The Morgan fingerprint density at radius 1 is 1.06 bits per heavy atom. The number of nitrogens with one attached hydrogen (secondary N) is 1. The van der Waals surface area contributed by atoms with Gasteiger partial charge < -0.3 is 10.5 Å². The van der Waals surface area contributed by atoms with Crippen LogP contribution in [0.5, 0.6) is 5.75 Å². The minimum absolute atomic E-state index is 0. The van der Waals surface area contributed by atoms with Crippen LogP contribution in [0.2, 0.25) is 0 Å². The number of rotatable bonds is 8. The fourth-order valence-corrected chi connectivity index (χ4v) is 8.15. The second kappa shape index (κ2) is 14.2. The van der Waals surface area contributed by atoms with Crippen molar-refractivity contribution < 1.29 is 22.7 Å². The van der Waals surface area contributed by atoms with Crippen LogP contribution in [0, 0.1) is 11.3 Å². The fourth-order valence-electron chi connectivity index (χ4n) is 6.66. The summed E-state index contributed by atoms with van der Waals surface area (Å²) in [5.74, 6) is 0.915. The van der Waals surface area contributed by atoms with Crippen LogP contribution in [0.1, 0.15) is 56.1 Å². The summed E-state index contributed by atoms with van der Waals surface area (Å²) in [7, 11) is -1.85. The number of halogens is 1. The average Bonchev–Trinajstić information content (AvgIpc) is 3.36. The van der Waals surface area contributed by atoms with Gasteiger partial charge in [-0.1, -0.05) is 6.07 Å². The molecule has 3 saturated heterocycles. The molecular weight excluding hydrogens is 644 g/mol. The first-order valence-corrected chi connectivity index (χ1v) is 17.2. The number of urea groups is 1. The number of nitriles is 1. The number of nitrogens with zero attached hydrogens (tertiary/aromatic N) is 6. The van der Waals surface area contributed by atoms with E-state index in [4.69, 9.17) is 10.5 Å². The quantitative estimate of drug-likeness (QED) is 0.363. The van der Waals surface area contributed by atoms with Crippen LogP contribution in [0.15, 0.2) is 41.3 Å². The van der Waals surface area contributed by atoms with Crippen molar-refractivity contribution >= 4 is 51.1 Å². The van der Waals surface area contributed by atoms with E-state index in [2.05, 4.69) is 33.5 Å². The lowest BCUT2D eigenvalue weighted by Crippen LogP contribution is -2.49. The Hall–Kier alpha value is -3.74. The van der Waals surface area contributed by atoms with Gasteiger partial charge in [-0.15, -0.1) is 12.4 Å². The minimum Gasteiger partial charge on any atom is -0.488 e. The second-order valence-electron chi connectivity index (χ2n) is 12.5. The normalized spacial score (nSPS) is 19.7. The van der Waals surface area contributed by atoms with E-state index in [0.29, 0.717) is 56.3 Å². The molecule has 1 aromatic heterocycles. The SMILES string of the molecule is C[C@H](CN1CCC(c2ccc3c(N4CCC(=O)NC4=O)nn(C)c3c2)CC1)Oc1cc(S(=O)(=O)N2CCC(N)CC2)ccc1C#N.Cl. The number of piperidine rings is 2. The van der Waals surface area contributed by atoms with Crippen molar-refractivity contribution in [3.63, 3.8) is 0 Å². The summed E-state index contributed by atoms with van der Waals surface area (Å²) in [6.07, 6.45) is 3.13. The molecule has 2 aromatic carbocycles. The van der Waals surface area contributed by atoms with Crippen LogP contribution >= 0.6 is 12.4 Å². The molecule has 3 fully saturated rings. The monoisotopic (exact) mass is 684 g/mol. The molecule has 3 aliphatic rings. The molecule has 0 unspecified atom stereocenters. The Bertz CT molecular complexity index is 1790. The van der Waals surface area contributed by atoms with Crippen LogP contribution in [0.4, 0.5) is 10.6 Å². The number of carbonyl (C=O) groups is 2. The topological polar surface area (TPSA) is 167 Å². The Labute approximate surface area is 281 Å². The van der Waals surface area contributed by atoms with E-state index in [1.165, 1.54) is 33.0 Å². The van der Waals surface area contributed by atoms with Crippen LogP contribution in [-0.2, 0) is 21.9 Å². The molecule has 6 rings (SSSR count). The highest BCUT2D eigenvalue weighted by Crippen LogP contribution is 2.34. The highest BCUT2D eigenvalue weighted by Gasteiger charge is 2.31. The lowest BCUT2D eigenvalue weighted by Gasteiger charge is -2.34. The Balaban J connectivity index is 0.00000433. The molecule has 47 heavy (non-hydrogen) atoms. The Morgan fingerprint density at radius 2 is 1.79 bits per heavy atom. The highest BCUT2D eigenvalue weighted by molar-refractivity contribution is 7.89. The van der Waals surface area contributed by atoms with E-state index in [1.54, 1.807) is 4.68 Å². The fraction of sp³-hybridized carbons (Fsp3) is 0.500. The first kappa shape index (κ1) is 34.6. The lowest BCUT2D eigenvalue weighted by molar-refractivity contribution is -0.120. The number of imide groups is 1. The molecule has 1 atom stereocenters. The standard InChI is InChI=1S/C32H40N8O5S.ClH/c1-21(45-29-18-26(5-3-24(29)19-33)46(43,44)39-14-9-25(34)10-15-39)20-38-12-7-22(8-13-38)23-4-6-27-28(17-23)37(2)36-31(27)40-16-11-30(41)35-32(40)42;/h3-6,17-18,21-22,25H,7-16,20,34H2,1-2H3,(H,35,41,42);1H/t21-;/m1./s1. The summed E-state index contributed by atoms with van der Waals surface area (Å²) in [4.78, 5) is 28.0. The minimum atomic E-state index is -3.71. The molecule has 13 nitrogen and oxygen atoms in total. The van der Waals surface area contributed by atoms with Crippen LogP contribution < -0.4 is 20.7 Å². The smallest absolute Gasteiger partial charge is 0.329 e. The van der Waals surface area contributed by atoms with E-state index < -0.39 is 16.1 Å². The van der Waals surface area contributed by atoms with Crippen molar-refractivity contribution in [3.05, 3.63) is 47.5 Å². The van der Waals surface area contributed by atoms with Gasteiger partial charge in [0.2, 0.25) is 15.9 Å². The molecule has 0 radical (unpaired) electrons. The number of benzene rings is 2. The number of hydrogen-bond donors (Lipinski definition) is 2. The van der Waals surface area contributed by atoms with E-state index >= 15 is 0 Å². The maximum atomic E-state index is 13.3. The maximum absolute atomic E-state index is 13.3. The molecule has 252 valence electrons. The predicted molar refractivity (Wildman–Crippen MR) is 179 cm³/mol. The summed E-state index contributed by atoms with van der Waals surface area (Å²) in [6, 6.07) is 12.4. The highest BCUT2D eigenvalue weighted by atomic mass is 35.5. The molecular formula is C32H41ClN8O5S. The van der Waals surface area contributed by atoms with Gasteiger partial charge in [-0.05, 0) is 81.4 Å². The zero-order chi connectivity index (χ0) is 32.6. The summed E-state index contributed by atoms with van der Waals surface area (Å²) < 4.78 is 36.0. The van der Waals surface area contributed by atoms with Crippen molar-refractivity contribution in [2.75, 3.05) is 44.2 Å². The van der Waals surface area contributed by atoms with Gasteiger partial charge in [0, 0.05) is 57.1 Å². The molecule has 3 aromatic rings. The van der Waals surface area contributed by atoms with Crippen molar-refractivity contribution in [2.45, 2.75) is 62.0 Å². The number of amides is 3. The van der Waals surface area contributed by atoms with E-state index in [1.807, 2.05) is 20.0 Å². The molecule has 4 heterocycles. The van der Waals surface area contributed by atoms with E-state index in [0.717, 1.165) is 36.8 Å². The molecule has 15 heteroatoms. The summed E-state index contributed by atoms with van der Waals surface area (Å²) in [5, 5.41) is 17.5. The number of carbonyl (C=O) groups excluding carboxylic acids is 2. The van der Waals surface area contributed by atoms with Gasteiger partial charge in [0.25, 0.3) is 0 Å². The average molecular weight is 685 g/mol. The number of nitrogens with two attached hydrogens (primary N) is 1. The zero-order valence-corrected chi connectivity index (χ0v) is 28.2. The molecule has 0 saturated carbocycles. The summed E-state index contributed by atoms with van der Waals surface area (Å²) in [6.45, 7) is 5.37. The van der Waals surface area contributed by atoms with Gasteiger partial charge in [-0.25, -0.2) is 13.2 Å². The number of likely N-dealkylation sites (tertiary alicyclic amines) is 1. The molecule has 0 spiro atoms. The van der Waals surface area contributed by atoms with Gasteiger partial charge >= 0.3 is 6.03 Å². The third kappa shape index (κ3) is 7.24.